The van der Waals surface area contributed by atoms with Crippen molar-refractivity contribution in [3.8, 4) is 0 Å². The van der Waals surface area contributed by atoms with Gasteiger partial charge in [0, 0.05) is 39.1 Å². The molecule has 0 saturated carbocycles. The van der Waals surface area contributed by atoms with Gasteiger partial charge in [-0.25, -0.2) is 0 Å². The molecule has 0 N–H and O–H groups in total. The van der Waals surface area contributed by atoms with Crippen LogP contribution in [0, 0.1) is 0 Å². The second-order valence-electron chi connectivity index (χ2n) is 24.1. The van der Waals surface area contributed by atoms with E-state index in [0.717, 1.165) is 95.2 Å². The van der Waals surface area contributed by atoms with E-state index in [1.54, 1.807) is 0 Å². The Morgan fingerprint density at radius 2 is 0.662 bits per heavy atom. The van der Waals surface area contributed by atoms with Crippen LogP contribution in [0.1, 0.15) is 282 Å². The molecule has 2 aromatic heterocycles. The molecule has 6 nitrogen and oxygen atoms in total. The predicted molar refractivity (Wildman–Crippen MR) is 344 cm³/mol. The summed E-state index contributed by atoms with van der Waals surface area (Å²) >= 11 is 0. The zero-order chi connectivity index (χ0) is 58.6. The normalized spacial score (nSPS) is 13.2. The van der Waals surface area contributed by atoms with Crippen LogP contribution in [0.4, 0.5) is 0 Å². The molecule has 6 aromatic rings. The molecule has 8 heteroatoms. The molecule has 0 aliphatic heterocycles. The van der Waals surface area contributed by atoms with Crippen molar-refractivity contribution in [2.45, 2.75) is 297 Å². The van der Waals surface area contributed by atoms with Gasteiger partial charge in [0.25, 0.3) is 0 Å². The summed E-state index contributed by atoms with van der Waals surface area (Å²) in [5.74, 6) is 0. The molecule has 6 rings (SSSR count). The van der Waals surface area contributed by atoms with E-state index in [1.807, 2.05) is 0 Å². The van der Waals surface area contributed by atoms with E-state index in [0.29, 0.717) is 6.42 Å². The molecule has 2 heterocycles. The Balaban J connectivity index is 0.00000154. The maximum atomic E-state index is 7.16. The zero-order valence-electron chi connectivity index (χ0n) is 54.3. The van der Waals surface area contributed by atoms with Crippen molar-refractivity contribution in [1.82, 2.24) is 0 Å². The summed E-state index contributed by atoms with van der Waals surface area (Å²) in [5, 5.41) is 4.38. The zero-order valence-corrected chi connectivity index (χ0v) is 56.1. The molecule has 0 amide bonds. The van der Waals surface area contributed by atoms with Crippen molar-refractivity contribution in [1.29, 1.82) is 0 Å². The van der Waals surface area contributed by atoms with Gasteiger partial charge < -0.3 is 16.8 Å². The third-order valence-electron chi connectivity index (χ3n) is 15.2. The third-order valence-corrected chi connectivity index (χ3v) is 17.6. The lowest BCUT2D eigenvalue weighted by atomic mass is 9.75. The van der Waals surface area contributed by atoms with E-state index in [-0.39, 0.29) is 33.9 Å². The van der Waals surface area contributed by atoms with Gasteiger partial charge in [-0.2, -0.15) is 0 Å². The van der Waals surface area contributed by atoms with Crippen LogP contribution >= 0.6 is 16.5 Å². The van der Waals surface area contributed by atoms with Gasteiger partial charge in [-0.1, -0.05) is 216 Å². The molecule has 0 radical (unpaired) electrons. The van der Waals surface area contributed by atoms with Crippen molar-refractivity contribution in [2.75, 3.05) is 0 Å². The maximum Gasteiger partial charge on any atom is 0.387 e. The molecule has 77 heavy (non-hydrogen) atoms. The Morgan fingerprint density at radius 1 is 0.364 bits per heavy atom. The van der Waals surface area contributed by atoms with Crippen LogP contribution in [0.25, 0.3) is 43.9 Å². The highest BCUT2D eigenvalue weighted by Gasteiger charge is 2.31. The summed E-state index contributed by atoms with van der Waals surface area (Å²) in [6, 6.07) is 18.7. The Kier molecular flexibility index (Phi) is 29.1. The van der Waals surface area contributed by atoms with Gasteiger partial charge in [0.2, 0.25) is 0 Å². The predicted octanol–water partition coefficient (Wildman–Crippen LogP) is 24.3. The number of hydrogen-bond acceptors (Lipinski definition) is 6. The van der Waals surface area contributed by atoms with Gasteiger partial charge in [-0.3, -0.25) is 9.05 Å². The first-order valence-electron chi connectivity index (χ1n) is 30.6. The fourth-order valence-electron chi connectivity index (χ4n) is 8.75. The molecule has 0 fully saturated rings. The lowest BCUT2D eigenvalue weighted by molar-refractivity contribution is 0.184. The van der Waals surface area contributed by atoms with E-state index >= 15 is 0 Å². The molecule has 4 aromatic carbocycles. The Labute approximate surface area is 474 Å². The highest BCUT2D eigenvalue weighted by molar-refractivity contribution is 7.32. The van der Waals surface area contributed by atoms with Crippen molar-refractivity contribution in [3.05, 3.63) is 93.0 Å². The highest BCUT2D eigenvalue weighted by atomic mass is 31.1. The van der Waals surface area contributed by atoms with Gasteiger partial charge >= 0.3 is 16.5 Å². The van der Waals surface area contributed by atoms with E-state index in [4.69, 9.17) is 25.8 Å². The molecule has 4 atom stereocenters. The van der Waals surface area contributed by atoms with Gasteiger partial charge in [0.05, 0.1) is 12.2 Å². The van der Waals surface area contributed by atoms with Crippen LogP contribution in [-0.4, -0.2) is 12.2 Å². The average molecular weight is 1100 g/mol. The van der Waals surface area contributed by atoms with Crippen LogP contribution in [0.15, 0.2) is 65.3 Å². The number of aryl methyl sites for hydroxylation is 4. The van der Waals surface area contributed by atoms with Gasteiger partial charge in [-0.15, -0.1) is 0 Å². The second kappa shape index (κ2) is 32.1. The molecule has 436 valence electrons. The second-order valence-corrected chi connectivity index (χ2v) is 26.2. The van der Waals surface area contributed by atoms with Gasteiger partial charge in [-0.05, 0) is 145 Å². The van der Waals surface area contributed by atoms with Crippen molar-refractivity contribution in [3.63, 3.8) is 0 Å². The smallest absolute Gasteiger partial charge is 0.387 e. The molecule has 0 bridgehead atoms. The summed E-state index contributed by atoms with van der Waals surface area (Å²) < 4.78 is 42.0. The average Bonchev–Trinajstić information content (AvgIpc) is 3.65. The van der Waals surface area contributed by atoms with Gasteiger partial charge in [0.15, 0.2) is 0 Å². The summed E-state index contributed by atoms with van der Waals surface area (Å²) in [6.07, 6.45) is 12.6. The molecule has 0 saturated heterocycles. The van der Waals surface area contributed by atoms with Crippen molar-refractivity contribution in [2.24, 2.45) is 0 Å². The van der Waals surface area contributed by atoms with Crippen LogP contribution in [-0.2, 0) is 47.3 Å². The van der Waals surface area contributed by atoms with E-state index in [9.17, 15) is 0 Å². The van der Waals surface area contributed by atoms with E-state index in [1.165, 1.54) is 70.2 Å². The van der Waals surface area contributed by atoms with Crippen LogP contribution < -0.4 is 9.05 Å². The van der Waals surface area contributed by atoms with Crippen molar-refractivity contribution < 1.29 is 25.8 Å². The largest absolute Gasteiger partial charge is 0.399 e. The Morgan fingerprint density at radius 3 is 1.03 bits per heavy atom. The molecule has 2 unspecified atom stereocenters. The summed E-state index contributed by atoms with van der Waals surface area (Å²) in [6.45, 7) is 57.8. The number of hydrogen-bond donors (Lipinski definition) is 0. The lowest BCUT2D eigenvalue weighted by Gasteiger charge is -2.29. The molecular weight excluding hydrogens is 987 g/mol. The Hall–Kier alpha value is -3.40. The first-order valence-corrected chi connectivity index (χ1v) is 32.8. The van der Waals surface area contributed by atoms with Crippen LogP contribution in [0.2, 0.25) is 0 Å². The first kappa shape index (κ1) is 69.7. The minimum atomic E-state index is -1.86. The maximum absolute atomic E-state index is 7.16. The standard InChI is InChI=1S/C57H82O6P2.4C3H8/c1-19-38-28-40(21-3)50-44(29-38)45-30-39(20-2)31-48(56(15,16)25-7)52(45)62-64(60-50)58-36(9)27-37(10)59-65-61-51-41(22-4)32-42(54(11,12)23-5)33-46(51)47-34-43(55(13,14)24-6)35-49(53(47)63-65)57(17,18)26-8;4*1-3-2/h28-37H,19-27H2,1-18H3;4*3H2,1-2H3/t36-,37-,64?,65?;;;;/m1..../s1. The summed E-state index contributed by atoms with van der Waals surface area (Å²) in [5.41, 5.74) is 13.1. The minimum Gasteiger partial charge on any atom is -0.399 e. The van der Waals surface area contributed by atoms with Crippen LogP contribution in [0.3, 0.4) is 0 Å². The molecular formula is C69H114O6P2. The quantitative estimate of drug-likeness (QED) is 0.0854. The molecule has 0 aliphatic carbocycles. The number of benzene rings is 4. The molecule has 0 spiro atoms. The fraction of sp³-hybridized carbons (Fsp3) is 0.652. The SMILES string of the molecule is CCC.CCC.CCC.CCC.CCc1cc(CC)c2op(O[C@H](C)C[C@@H](C)Op3oc4c(CC)cc(C(C)(C)CC)cc4c4cc(C(C)(C)CC)cc(C(C)(C)CC)c4o3)oc3c(C(C)(C)CC)cc(CC)cc3c2c1. The summed E-state index contributed by atoms with van der Waals surface area (Å²) in [7, 11) is -3.68. The molecule has 0 aliphatic rings. The summed E-state index contributed by atoms with van der Waals surface area (Å²) in [4.78, 5) is 0. The number of rotatable bonds is 18. The topological polar surface area (TPSA) is 71.0 Å². The fourth-order valence-corrected chi connectivity index (χ4v) is 11.2. The van der Waals surface area contributed by atoms with Crippen molar-refractivity contribution >= 4 is 60.4 Å². The van der Waals surface area contributed by atoms with Crippen LogP contribution in [0.5, 0.6) is 0 Å². The highest BCUT2D eigenvalue weighted by Crippen LogP contribution is 2.46. The van der Waals surface area contributed by atoms with E-state index < -0.39 is 16.5 Å². The Bertz CT molecular complexity index is 2800. The van der Waals surface area contributed by atoms with E-state index in [2.05, 4.69) is 229 Å². The van der Waals surface area contributed by atoms with Gasteiger partial charge in [0.1, 0.15) is 22.3 Å². The number of fused-ring (bicyclic) bond motifs is 6. The third kappa shape index (κ3) is 18.3. The lowest BCUT2D eigenvalue weighted by Crippen LogP contribution is -2.21. The first-order chi connectivity index (χ1) is 36.3. The monoisotopic (exact) mass is 1100 g/mol. The minimum absolute atomic E-state index is 0.0107.